The number of nitrogens with one attached hydrogen (secondary N) is 1. The van der Waals surface area contributed by atoms with Gasteiger partial charge in [0.05, 0.1) is 18.4 Å². The summed E-state index contributed by atoms with van der Waals surface area (Å²) in [6.07, 6.45) is 5.87. The number of nitrogens with zero attached hydrogens (tertiary/aromatic N) is 2. The topological polar surface area (TPSA) is 75.1 Å². The number of aryl methyl sites for hydroxylation is 1. The predicted octanol–water partition coefficient (Wildman–Crippen LogP) is 1.43. The van der Waals surface area contributed by atoms with Gasteiger partial charge >= 0.3 is 0 Å². The highest BCUT2D eigenvalue weighted by atomic mass is 16.3. The maximum atomic E-state index is 11.6. The van der Waals surface area contributed by atoms with Gasteiger partial charge in [0.1, 0.15) is 5.75 Å². The lowest BCUT2D eigenvalue weighted by molar-refractivity contribution is -0.121. The van der Waals surface area contributed by atoms with E-state index in [9.17, 15) is 4.79 Å². The van der Waals surface area contributed by atoms with Crippen molar-refractivity contribution in [3.63, 3.8) is 0 Å². The molecule has 98 valence electrons. The van der Waals surface area contributed by atoms with Crippen molar-refractivity contribution < 1.29 is 9.90 Å². The third kappa shape index (κ3) is 4.39. The summed E-state index contributed by atoms with van der Waals surface area (Å²) in [5, 5.41) is 11.9. The standard InChI is InChI=1S/C14H15N3O2/c18-13-4-1-11(2-5-13)3-6-14(19)17-10-12-9-15-7-8-16-12/h1-2,4-5,7-9,18H,3,6,10H2,(H,17,19). The SMILES string of the molecule is O=C(CCc1ccc(O)cc1)NCc1cnccn1. The van der Waals surface area contributed by atoms with Gasteiger partial charge in [-0.15, -0.1) is 0 Å². The highest BCUT2D eigenvalue weighted by Crippen LogP contribution is 2.10. The van der Waals surface area contributed by atoms with Gasteiger partial charge in [0.15, 0.2) is 0 Å². The molecule has 19 heavy (non-hydrogen) atoms. The van der Waals surface area contributed by atoms with E-state index in [0.717, 1.165) is 11.3 Å². The van der Waals surface area contributed by atoms with Crippen molar-refractivity contribution in [3.8, 4) is 5.75 Å². The molecule has 2 N–H and O–H groups in total. The fourth-order valence-electron chi connectivity index (χ4n) is 1.62. The molecule has 5 nitrogen and oxygen atoms in total. The number of carbonyl (C=O) groups excluding carboxylic acids is 1. The van der Waals surface area contributed by atoms with Gasteiger partial charge in [0, 0.05) is 18.8 Å². The van der Waals surface area contributed by atoms with E-state index in [2.05, 4.69) is 15.3 Å². The Morgan fingerprint density at radius 3 is 2.68 bits per heavy atom. The number of carbonyl (C=O) groups is 1. The Balaban J connectivity index is 1.74. The van der Waals surface area contributed by atoms with Gasteiger partial charge < -0.3 is 10.4 Å². The third-order valence-corrected chi connectivity index (χ3v) is 2.66. The Morgan fingerprint density at radius 2 is 2.00 bits per heavy atom. The van der Waals surface area contributed by atoms with Gasteiger partial charge in [-0.25, -0.2) is 0 Å². The van der Waals surface area contributed by atoms with Crippen LogP contribution in [-0.2, 0) is 17.8 Å². The zero-order chi connectivity index (χ0) is 13.5. The van der Waals surface area contributed by atoms with Gasteiger partial charge in [0.2, 0.25) is 5.91 Å². The Hall–Kier alpha value is -2.43. The maximum absolute atomic E-state index is 11.6. The normalized spacial score (nSPS) is 10.1. The van der Waals surface area contributed by atoms with Crippen LogP contribution in [0.5, 0.6) is 5.75 Å². The molecule has 1 aromatic carbocycles. The number of phenols is 1. The molecule has 0 atom stereocenters. The molecular weight excluding hydrogens is 242 g/mol. The minimum Gasteiger partial charge on any atom is -0.508 e. The van der Waals surface area contributed by atoms with Crippen molar-refractivity contribution in [2.45, 2.75) is 19.4 Å². The van der Waals surface area contributed by atoms with Crippen molar-refractivity contribution >= 4 is 5.91 Å². The lowest BCUT2D eigenvalue weighted by Gasteiger charge is -2.04. The summed E-state index contributed by atoms with van der Waals surface area (Å²) in [4.78, 5) is 19.6. The van der Waals surface area contributed by atoms with Crippen LogP contribution in [0.2, 0.25) is 0 Å². The maximum Gasteiger partial charge on any atom is 0.220 e. The molecule has 0 spiro atoms. The molecule has 2 aromatic rings. The lowest BCUT2D eigenvalue weighted by Crippen LogP contribution is -2.23. The van der Waals surface area contributed by atoms with E-state index in [-0.39, 0.29) is 11.7 Å². The van der Waals surface area contributed by atoms with Crippen LogP contribution >= 0.6 is 0 Å². The van der Waals surface area contributed by atoms with E-state index in [0.29, 0.717) is 19.4 Å². The molecule has 0 saturated carbocycles. The van der Waals surface area contributed by atoms with Gasteiger partial charge in [-0.1, -0.05) is 12.1 Å². The van der Waals surface area contributed by atoms with Crippen LogP contribution in [-0.4, -0.2) is 21.0 Å². The Labute approximate surface area is 111 Å². The summed E-state index contributed by atoms with van der Waals surface area (Å²) in [7, 11) is 0. The monoisotopic (exact) mass is 257 g/mol. The average Bonchev–Trinajstić information content (AvgIpc) is 2.45. The quantitative estimate of drug-likeness (QED) is 0.849. The molecule has 0 fully saturated rings. The van der Waals surface area contributed by atoms with Gasteiger partial charge in [-0.3, -0.25) is 14.8 Å². The molecule has 0 radical (unpaired) electrons. The molecular formula is C14H15N3O2. The zero-order valence-corrected chi connectivity index (χ0v) is 10.4. The van der Waals surface area contributed by atoms with Crippen molar-refractivity contribution in [3.05, 3.63) is 54.1 Å². The van der Waals surface area contributed by atoms with E-state index in [4.69, 9.17) is 5.11 Å². The number of hydrogen-bond donors (Lipinski definition) is 2. The van der Waals surface area contributed by atoms with Crippen LogP contribution < -0.4 is 5.32 Å². The summed E-state index contributed by atoms with van der Waals surface area (Å²) in [6, 6.07) is 6.86. The van der Waals surface area contributed by atoms with Gasteiger partial charge in [-0.05, 0) is 24.1 Å². The first-order valence-corrected chi connectivity index (χ1v) is 6.03. The average molecular weight is 257 g/mol. The number of phenolic OH excluding ortho intramolecular Hbond substituents is 1. The molecule has 2 rings (SSSR count). The molecule has 5 heteroatoms. The molecule has 0 aliphatic rings. The van der Waals surface area contributed by atoms with Gasteiger partial charge in [-0.2, -0.15) is 0 Å². The predicted molar refractivity (Wildman–Crippen MR) is 70.3 cm³/mol. The van der Waals surface area contributed by atoms with E-state index >= 15 is 0 Å². The van der Waals surface area contributed by atoms with Gasteiger partial charge in [0.25, 0.3) is 0 Å². The Morgan fingerprint density at radius 1 is 1.21 bits per heavy atom. The van der Waals surface area contributed by atoms with Crippen LogP contribution in [0.4, 0.5) is 0 Å². The van der Waals surface area contributed by atoms with E-state index in [1.54, 1.807) is 30.7 Å². The highest BCUT2D eigenvalue weighted by molar-refractivity contribution is 5.76. The molecule has 0 unspecified atom stereocenters. The van der Waals surface area contributed by atoms with Crippen molar-refractivity contribution in [2.24, 2.45) is 0 Å². The second-order valence-corrected chi connectivity index (χ2v) is 4.14. The summed E-state index contributed by atoms with van der Waals surface area (Å²) in [5.74, 6) is 0.203. The van der Waals surface area contributed by atoms with Crippen molar-refractivity contribution in [1.82, 2.24) is 15.3 Å². The van der Waals surface area contributed by atoms with E-state index < -0.39 is 0 Å². The summed E-state index contributed by atoms with van der Waals surface area (Å²) < 4.78 is 0. The molecule has 1 amide bonds. The van der Waals surface area contributed by atoms with Crippen LogP contribution in [0.25, 0.3) is 0 Å². The molecule has 0 saturated heterocycles. The van der Waals surface area contributed by atoms with Crippen LogP contribution in [0.1, 0.15) is 17.7 Å². The number of hydrogen-bond acceptors (Lipinski definition) is 4. The Kier molecular flexibility index (Phi) is 4.44. The van der Waals surface area contributed by atoms with Crippen molar-refractivity contribution in [1.29, 1.82) is 0 Å². The van der Waals surface area contributed by atoms with E-state index in [1.165, 1.54) is 0 Å². The fourth-order valence-corrected chi connectivity index (χ4v) is 1.62. The lowest BCUT2D eigenvalue weighted by atomic mass is 10.1. The molecule has 0 aliphatic carbocycles. The second-order valence-electron chi connectivity index (χ2n) is 4.14. The van der Waals surface area contributed by atoms with Crippen LogP contribution in [0.15, 0.2) is 42.9 Å². The summed E-state index contributed by atoms with van der Waals surface area (Å²) in [5.41, 5.74) is 1.76. The second kappa shape index (κ2) is 6.49. The molecule has 1 aromatic heterocycles. The first-order valence-electron chi connectivity index (χ1n) is 6.03. The van der Waals surface area contributed by atoms with Crippen LogP contribution in [0.3, 0.4) is 0 Å². The number of amides is 1. The zero-order valence-electron chi connectivity index (χ0n) is 10.4. The van der Waals surface area contributed by atoms with Crippen molar-refractivity contribution in [2.75, 3.05) is 0 Å². The minimum absolute atomic E-state index is 0.0290. The fraction of sp³-hybridized carbons (Fsp3) is 0.214. The minimum atomic E-state index is -0.0290. The Bertz CT molecular complexity index is 526. The first-order chi connectivity index (χ1) is 9.24. The molecule has 0 bridgehead atoms. The number of rotatable bonds is 5. The number of aromatic hydroxyl groups is 1. The van der Waals surface area contributed by atoms with E-state index in [1.807, 2.05) is 12.1 Å². The molecule has 1 heterocycles. The first kappa shape index (κ1) is 13.0. The summed E-state index contributed by atoms with van der Waals surface area (Å²) >= 11 is 0. The number of benzene rings is 1. The third-order valence-electron chi connectivity index (χ3n) is 2.66. The summed E-state index contributed by atoms with van der Waals surface area (Å²) in [6.45, 7) is 0.391. The smallest absolute Gasteiger partial charge is 0.220 e. The number of aromatic nitrogens is 2. The largest absolute Gasteiger partial charge is 0.508 e. The molecule has 0 aliphatic heterocycles. The van der Waals surface area contributed by atoms with Crippen LogP contribution in [0, 0.1) is 0 Å². The highest BCUT2D eigenvalue weighted by Gasteiger charge is 2.03.